The van der Waals surface area contributed by atoms with E-state index in [0.29, 0.717) is 18.9 Å². The molecular formula is C15H22FNO. The van der Waals surface area contributed by atoms with Crippen LogP contribution in [0.1, 0.15) is 26.3 Å². The molecule has 0 spiro atoms. The number of morpholine rings is 1. The second-order valence-corrected chi connectivity index (χ2v) is 6.12. The summed E-state index contributed by atoms with van der Waals surface area (Å²) in [7, 11) is 0. The van der Waals surface area contributed by atoms with Gasteiger partial charge in [0.2, 0.25) is 0 Å². The normalized spacial score (nSPS) is 17.0. The minimum absolute atomic E-state index is 0.112. The first-order valence-electron chi connectivity index (χ1n) is 6.57. The molecule has 0 amide bonds. The van der Waals surface area contributed by atoms with Crippen molar-refractivity contribution in [3.8, 4) is 0 Å². The molecule has 1 fully saturated rings. The lowest BCUT2D eigenvalue weighted by Gasteiger charge is -2.29. The average Bonchev–Trinajstić information content (AvgIpc) is 2.28. The van der Waals surface area contributed by atoms with Gasteiger partial charge < -0.3 is 9.64 Å². The third-order valence-corrected chi connectivity index (χ3v) is 3.10. The van der Waals surface area contributed by atoms with E-state index in [2.05, 4.69) is 25.7 Å². The Bertz CT molecular complexity index is 405. The summed E-state index contributed by atoms with van der Waals surface area (Å²) in [6.45, 7) is 9.42. The fourth-order valence-corrected chi connectivity index (χ4v) is 2.33. The van der Waals surface area contributed by atoms with Gasteiger partial charge in [-0.05, 0) is 29.5 Å². The number of anilines is 1. The van der Waals surface area contributed by atoms with Crippen LogP contribution in [0.15, 0.2) is 18.2 Å². The SMILES string of the molecule is CC(C)(C)Cc1ccc(N2CCOCC2)c(F)c1. The molecule has 1 aromatic rings. The van der Waals surface area contributed by atoms with E-state index >= 15 is 0 Å². The average molecular weight is 251 g/mol. The minimum Gasteiger partial charge on any atom is -0.378 e. The number of hydrogen-bond acceptors (Lipinski definition) is 2. The van der Waals surface area contributed by atoms with E-state index in [9.17, 15) is 4.39 Å². The highest BCUT2D eigenvalue weighted by molar-refractivity contribution is 5.49. The maximum Gasteiger partial charge on any atom is 0.146 e. The molecule has 0 aliphatic carbocycles. The fraction of sp³-hybridized carbons (Fsp3) is 0.600. The van der Waals surface area contributed by atoms with Gasteiger partial charge in [-0.3, -0.25) is 0 Å². The lowest BCUT2D eigenvalue weighted by molar-refractivity contribution is 0.122. The molecule has 0 saturated carbocycles. The van der Waals surface area contributed by atoms with Gasteiger partial charge in [-0.15, -0.1) is 0 Å². The van der Waals surface area contributed by atoms with Gasteiger partial charge in [0, 0.05) is 13.1 Å². The molecule has 1 aromatic carbocycles. The Morgan fingerprint density at radius 3 is 2.44 bits per heavy atom. The lowest BCUT2D eigenvalue weighted by atomic mass is 9.88. The molecule has 0 atom stereocenters. The van der Waals surface area contributed by atoms with E-state index in [0.717, 1.165) is 25.1 Å². The van der Waals surface area contributed by atoms with Crippen molar-refractivity contribution in [1.29, 1.82) is 0 Å². The standard InChI is InChI=1S/C15H22FNO/c1-15(2,3)11-12-4-5-14(13(16)10-12)17-6-8-18-9-7-17/h4-5,10H,6-9,11H2,1-3H3. The molecule has 0 radical (unpaired) electrons. The van der Waals surface area contributed by atoms with Crippen molar-refractivity contribution < 1.29 is 9.13 Å². The first-order chi connectivity index (χ1) is 8.46. The highest BCUT2D eigenvalue weighted by Crippen LogP contribution is 2.25. The molecule has 2 nitrogen and oxygen atoms in total. The highest BCUT2D eigenvalue weighted by Gasteiger charge is 2.17. The van der Waals surface area contributed by atoms with Crippen LogP contribution in [0.4, 0.5) is 10.1 Å². The zero-order valence-corrected chi connectivity index (χ0v) is 11.5. The predicted molar refractivity (Wildman–Crippen MR) is 72.6 cm³/mol. The predicted octanol–water partition coefficient (Wildman–Crippen LogP) is 3.25. The van der Waals surface area contributed by atoms with Crippen molar-refractivity contribution in [2.45, 2.75) is 27.2 Å². The summed E-state index contributed by atoms with van der Waals surface area (Å²) in [6.07, 6.45) is 0.896. The zero-order valence-electron chi connectivity index (χ0n) is 11.5. The molecule has 1 aliphatic heterocycles. The molecule has 1 saturated heterocycles. The van der Waals surface area contributed by atoms with Crippen molar-refractivity contribution in [1.82, 2.24) is 0 Å². The number of ether oxygens (including phenoxy) is 1. The minimum atomic E-state index is -0.112. The van der Waals surface area contributed by atoms with Gasteiger partial charge in [0.1, 0.15) is 5.82 Å². The van der Waals surface area contributed by atoms with Crippen LogP contribution in [0.25, 0.3) is 0 Å². The summed E-state index contributed by atoms with van der Waals surface area (Å²) in [5, 5.41) is 0. The Morgan fingerprint density at radius 1 is 1.22 bits per heavy atom. The third-order valence-electron chi connectivity index (χ3n) is 3.10. The summed E-state index contributed by atoms with van der Waals surface area (Å²) in [6, 6.07) is 5.62. The van der Waals surface area contributed by atoms with E-state index in [4.69, 9.17) is 4.74 Å². The Morgan fingerprint density at radius 2 is 1.89 bits per heavy atom. The first kappa shape index (κ1) is 13.3. The Labute approximate surface area is 109 Å². The number of rotatable bonds is 2. The van der Waals surface area contributed by atoms with Crippen LogP contribution >= 0.6 is 0 Å². The molecule has 1 heterocycles. The lowest BCUT2D eigenvalue weighted by Crippen LogP contribution is -2.36. The van der Waals surface area contributed by atoms with Gasteiger partial charge in [0.25, 0.3) is 0 Å². The summed E-state index contributed by atoms with van der Waals surface area (Å²) < 4.78 is 19.4. The van der Waals surface area contributed by atoms with E-state index in [1.165, 1.54) is 0 Å². The molecule has 1 aliphatic rings. The number of benzene rings is 1. The van der Waals surface area contributed by atoms with Crippen molar-refractivity contribution >= 4 is 5.69 Å². The van der Waals surface area contributed by atoms with Crippen LogP contribution in [-0.2, 0) is 11.2 Å². The summed E-state index contributed by atoms with van der Waals surface area (Å²) in [5.74, 6) is -0.112. The summed E-state index contributed by atoms with van der Waals surface area (Å²) in [4.78, 5) is 2.06. The molecule has 100 valence electrons. The molecule has 0 unspecified atom stereocenters. The Balaban J connectivity index is 2.14. The first-order valence-corrected chi connectivity index (χ1v) is 6.57. The Kier molecular flexibility index (Phi) is 3.91. The molecule has 0 aromatic heterocycles. The van der Waals surface area contributed by atoms with E-state index < -0.39 is 0 Å². The number of hydrogen-bond donors (Lipinski definition) is 0. The van der Waals surface area contributed by atoms with Crippen molar-refractivity contribution in [3.05, 3.63) is 29.6 Å². The van der Waals surface area contributed by atoms with Gasteiger partial charge in [-0.25, -0.2) is 4.39 Å². The number of halogens is 1. The fourth-order valence-electron chi connectivity index (χ4n) is 2.33. The van der Waals surface area contributed by atoms with Crippen LogP contribution in [0.3, 0.4) is 0 Å². The third kappa shape index (κ3) is 3.45. The topological polar surface area (TPSA) is 12.5 Å². The molecule has 3 heteroatoms. The second-order valence-electron chi connectivity index (χ2n) is 6.12. The van der Waals surface area contributed by atoms with Crippen LogP contribution in [-0.4, -0.2) is 26.3 Å². The van der Waals surface area contributed by atoms with Crippen LogP contribution < -0.4 is 4.90 Å². The van der Waals surface area contributed by atoms with E-state index in [1.807, 2.05) is 12.1 Å². The van der Waals surface area contributed by atoms with Gasteiger partial charge in [-0.1, -0.05) is 26.8 Å². The maximum absolute atomic E-state index is 14.1. The smallest absolute Gasteiger partial charge is 0.146 e. The molecule has 2 rings (SSSR count). The largest absolute Gasteiger partial charge is 0.378 e. The van der Waals surface area contributed by atoms with Gasteiger partial charge in [0.15, 0.2) is 0 Å². The van der Waals surface area contributed by atoms with Crippen molar-refractivity contribution in [2.75, 3.05) is 31.2 Å². The maximum atomic E-state index is 14.1. The van der Waals surface area contributed by atoms with Crippen molar-refractivity contribution in [3.63, 3.8) is 0 Å². The second kappa shape index (κ2) is 5.27. The van der Waals surface area contributed by atoms with Gasteiger partial charge in [-0.2, -0.15) is 0 Å². The summed E-state index contributed by atoms with van der Waals surface area (Å²) in [5.41, 5.74) is 1.96. The van der Waals surface area contributed by atoms with Gasteiger partial charge >= 0.3 is 0 Å². The van der Waals surface area contributed by atoms with Gasteiger partial charge in [0.05, 0.1) is 18.9 Å². The molecular weight excluding hydrogens is 229 g/mol. The van der Waals surface area contributed by atoms with Crippen LogP contribution in [0, 0.1) is 11.2 Å². The van der Waals surface area contributed by atoms with E-state index in [1.54, 1.807) is 6.07 Å². The van der Waals surface area contributed by atoms with Crippen LogP contribution in [0.5, 0.6) is 0 Å². The summed E-state index contributed by atoms with van der Waals surface area (Å²) >= 11 is 0. The molecule has 0 N–H and O–H groups in total. The number of nitrogens with zero attached hydrogens (tertiary/aromatic N) is 1. The van der Waals surface area contributed by atoms with Crippen LogP contribution in [0.2, 0.25) is 0 Å². The molecule has 0 bridgehead atoms. The Hall–Kier alpha value is -1.09. The van der Waals surface area contributed by atoms with Crippen molar-refractivity contribution in [2.24, 2.45) is 5.41 Å². The quantitative estimate of drug-likeness (QED) is 0.800. The molecule has 18 heavy (non-hydrogen) atoms. The highest BCUT2D eigenvalue weighted by atomic mass is 19.1. The zero-order chi connectivity index (χ0) is 13.2. The van der Waals surface area contributed by atoms with E-state index in [-0.39, 0.29) is 11.2 Å². The monoisotopic (exact) mass is 251 g/mol.